The smallest absolute Gasteiger partial charge is 0.0343 e. The van der Waals surface area contributed by atoms with Crippen molar-refractivity contribution < 1.29 is 0 Å². The SMILES string of the molecule is CN(C)CCC(N)C(CN)NCCN. The molecular formula is C9H25N5. The fraction of sp³-hybridized carbons (Fsp3) is 1.00. The van der Waals surface area contributed by atoms with Crippen LogP contribution >= 0.6 is 0 Å². The highest BCUT2D eigenvalue weighted by molar-refractivity contribution is 4.80. The largest absolute Gasteiger partial charge is 0.329 e. The summed E-state index contributed by atoms with van der Waals surface area (Å²) < 4.78 is 0. The summed E-state index contributed by atoms with van der Waals surface area (Å²) in [5.74, 6) is 0. The quantitative estimate of drug-likeness (QED) is 0.371. The molecule has 14 heavy (non-hydrogen) atoms. The van der Waals surface area contributed by atoms with Gasteiger partial charge in [-0.15, -0.1) is 0 Å². The Morgan fingerprint density at radius 1 is 1.29 bits per heavy atom. The van der Waals surface area contributed by atoms with Crippen molar-refractivity contribution in [1.29, 1.82) is 0 Å². The molecule has 0 saturated carbocycles. The zero-order chi connectivity index (χ0) is 11.0. The number of rotatable bonds is 8. The van der Waals surface area contributed by atoms with Crippen LogP contribution in [0, 0.1) is 0 Å². The molecule has 0 aliphatic rings. The van der Waals surface area contributed by atoms with Crippen molar-refractivity contribution in [2.45, 2.75) is 18.5 Å². The predicted octanol–water partition coefficient (Wildman–Crippen LogP) is -1.86. The van der Waals surface area contributed by atoms with Crippen LogP contribution in [-0.2, 0) is 0 Å². The molecule has 0 aromatic rings. The summed E-state index contributed by atoms with van der Waals surface area (Å²) >= 11 is 0. The minimum atomic E-state index is 0.106. The van der Waals surface area contributed by atoms with E-state index in [0.29, 0.717) is 13.1 Å². The molecule has 0 rings (SSSR count). The van der Waals surface area contributed by atoms with Crippen molar-refractivity contribution in [2.75, 3.05) is 40.3 Å². The number of nitrogens with zero attached hydrogens (tertiary/aromatic N) is 1. The highest BCUT2D eigenvalue weighted by Crippen LogP contribution is 1.95. The maximum absolute atomic E-state index is 6.01. The number of hydrogen-bond acceptors (Lipinski definition) is 5. The van der Waals surface area contributed by atoms with Gasteiger partial charge in [0.05, 0.1) is 0 Å². The topological polar surface area (TPSA) is 93.3 Å². The zero-order valence-corrected chi connectivity index (χ0v) is 9.37. The molecule has 7 N–H and O–H groups in total. The van der Waals surface area contributed by atoms with Crippen LogP contribution in [0.1, 0.15) is 6.42 Å². The molecule has 86 valence electrons. The Kier molecular flexibility index (Phi) is 8.02. The molecule has 0 heterocycles. The molecule has 2 unspecified atom stereocenters. The van der Waals surface area contributed by atoms with Gasteiger partial charge in [-0.25, -0.2) is 0 Å². The van der Waals surface area contributed by atoms with E-state index < -0.39 is 0 Å². The van der Waals surface area contributed by atoms with E-state index in [1.165, 1.54) is 0 Å². The Balaban J connectivity index is 3.72. The van der Waals surface area contributed by atoms with E-state index in [2.05, 4.69) is 10.2 Å². The Morgan fingerprint density at radius 3 is 2.36 bits per heavy atom. The van der Waals surface area contributed by atoms with E-state index in [1.807, 2.05) is 14.1 Å². The van der Waals surface area contributed by atoms with Crippen LogP contribution in [-0.4, -0.2) is 57.3 Å². The first kappa shape index (κ1) is 13.8. The van der Waals surface area contributed by atoms with Gasteiger partial charge in [0.25, 0.3) is 0 Å². The van der Waals surface area contributed by atoms with Crippen molar-refractivity contribution in [3.63, 3.8) is 0 Å². The monoisotopic (exact) mass is 203 g/mol. The molecule has 0 aromatic carbocycles. The Morgan fingerprint density at radius 2 is 1.93 bits per heavy atom. The third kappa shape index (κ3) is 6.28. The van der Waals surface area contributed by atoms with E-state index in [4.69, 9.17) is 17.2 Å². The number of nitrogens with two attached hydrogens (primary N) is 3. The molecule has 0 radical (unpaired) electrons. The van der Waals surface area contributed by atoms with Gasteiger partial charge >= 0.3 is 0 Å². The van der Waals surface area contributed by atoms with Crippen molar-refractivity contribution >= 4 is 0 Å². The van der Waals surface area contributed by atoms with Gasteiger partial charge in [0.15, 0.2) is 0 Å². The zero-order valence-electron chi connectivity index (χ0n) is 9.37. The normalized spacial score (nSPS) is 15.9. The second-order valence-electron chi connectivity index (χ2n) is 3.84. The van der Waals surface area contributed by atoms with Gasteiger partial charge in [0.1, 0.15) is 0 Å². The van der Waals surface area contributed by atoms with Crippen molar-refractivity contribution in [1.82, 2.24) is 10.2 Å². The summed E-state index contributed by atoms with van der Waals surface area (Å²) in [6.45, 7) is 2.95. The first-order valence-electron chi connectivity index (χ1n) is 5.15. The van der Waals surface area contributed by atoms with E-state index in [1.54, 1.807) is 0 Å². The second kappa shape index (κ2) is 8.14. The highest BCUT2D eigenvalue weighted by Gasteiger charge is 2.14. The third-order valence-corrected chi connectivity index (χ3v) is 2.23. The van der Waals surface area contributed by atoms with E-state index in [-0.39, 0.29) is 12.1 Å². The van der Waals surface area contributed by atoms with Crippen LogP contribution in [0.4, 0.5) is 0 Å². The molecule has 5 nitrogen and oxygen atoms in total. The molecule has 0 spiro atoms. The van der Waals surface area contributed by atoms with Crippen molar-refractivity contribution in [2.24, 2.45) is 17.2 Å². The van der Waals surface area contributed by atoms with Crippen LogP contribution in [0.5, 0.6) is 0 Å². The average Bonchev–Trinajstić information content (AvgIpc) is 2.16. The average molecular weight is 203 g/mol. The number of nitrogens with one attached hydrogen (secondary N) is 1. The van der Waals surface area contributed by atoms with Gasteiger partial charge in [0, 0.05) is 31.7 Å². The molecule has 0 aliphatic heterocycles. The Hall–Kier alpha value is -0.200. The maximum Gasteiger partial charge on any atom is 0.0343 e. The standard InChI is InChI=1S/C9H25N5/c1-14(2)6-3-8(12)9(7-11)13-5-4-10/h8-9,13H,3-7,10-12H2,1-2H3. The minimum absolute atomic E-state index is 0.106. The molecule has 0 amide bonds. The molecule has 0 aromatic heterocycles. The van der Waals surface area contributed by atoms with Gasteiger partial charge in [-0.05, 0) is 27.1 Å². The van der Waals surface area contributed by atoms with Crippen LogP contribution in [0.3, 0.4) is 0 Å². The first-order chi connectivity index (χ1) is 6.61. The van der Waals surface area contributed by atoms with Gasteiger partial charge in [-0.2, -0.15) is 0 Å². The predicted molar refractivity (Wildman–Crippen MR) is 61.0 cm³/mol. The molecule has 0 saturated heterocycles. The Labute approximate surface area is 87.0 Å². The molecular weight excluding hydrogens is 178 g/mol. The first-order valence-corrected chi connectivity index (χ1v) is 5.15. The third-order valence-electron chi connectivity index (χ3n) is 2.23. The van der Waals surface area contributed by atoms with Crippen LogP contribution < -0.4 is 22.5 Å². The van der Waals surface area contributed by atoms with E-state index in [0.717, 1.165) is 19.5 Å². The van der Waals surface area contributed by atoms with Crippen molar-refractivity contribution in [3.05, 3.63) is 0 Å². The second-order valence-corrected chi connectivity index (χ2v) is 3.84. The molecule has 2 atom stereocenters. The lowest BCUT2D eigenvalue weighted by Crippen LogP contribution is -2.51. The fourth-order valence-electron chi connectivity index (χ4n) is 1.29. The van der Waals surface area contributed by atoms with Crippen LogP contribution in [0.15, 0.2) is 0 Å². The van der Waals surface area contributed by atoms with Gasteiger partial charge < -0.3 is 27.4 Å². The number of hydrogen-bond donors (Lipinski definition) is 4. The summed E-state index contributed by atoms with van der Waals surface area (Å²) in [7, 11) is 4.08. The Bertz CT molecular complexity index is 128. The lowest BCUT2D eigenvalue weighted by Gasteiger charge is -2.24. The van der Waals surface area contributed by atoms with Gasteiger partial charge in [-0.3, -0.25) is 0 Å². The maximum atomic E-state index is 6.01. The fourth-order valence-corrected chi connectivity index (χ4v) is 1.29. The summed E-state index contributed by atoms with van der Waals surface area (Å²) in [5.41, 5.74) is 17.0. The summed E-state index contributed by atoms with van der Waals surface area (Å²) in [5, 5.41) is 3.25. The van der Waals surface area contributed by atoms with E-state index >= 15 is 0 Å². The molecule has 0 bridgehead atoms. The lowest BCUT2D eigenvalue weighted by atomic mass is 10.1. The minimum Gasteiger partial charge on any atom is -0.329 e. The highest BCUT2D eigenvalue weighted by atomic mass is 15.1. The lowest BCUT2D eigenvalue weighted by molar-refractivity contribution is 0.345. The van der Waals surface area contributed by atoms with Crippen molar-refractivity contribution in [3.8, 4) is 0 Å². The van der Waals surface area contributed by atoms with Crippen LogP contribution in [0.2, 0.25) is 0 Å². The van der Waals surface area contributed by atoms with Gasteiger partial charge in [-0.1, -0.05) is 0 Å². The van der Waals surface area contributed by atoms with Gasteiger partial charge in [0.2, 0.25) is 0 Å². The summed E-state index contributed by atoms with van der Waals surface area (Å²) in [4.78, 5) is 2.12. The van der Waals surface area contributed by atoms with E-state index in [9.17, 15) is 0 Å². The molecule has 5 heteroatoms. The van der Waals surface area contributed by atoms with Crippen LogP contribution in [0.25, 0.3) is 0 Å². The molecule has 0 fully saturated rings. The molecule has 0 aliphatic carbocycles. The summed E-state index contributed by atoms with van der Waals surface area (Å²) in [6, 6.07) is 0.285. The summed E-state index contributed by atoms with van der Waals surface area (Å²) in [6.07, 6.45) is 0.951.